The fourth-order valence-corrected chi connectivity index (χ4v) is 3.96. The minimum absolute atomic E-state index is 0.0196. The molecule has 0 aromatic heterocycles. The zero-order valence-electron chi connectivity index (χ0n) is 17.5. The largest absolute Gasteiger partial charge is 0.370 e. The van der Waals surface area contributed by atoms with Crippen LogP contribution in [0.1, 0.15) is 39.0 Å². The van der Waals surface area contributed by atoms with Crippen LogP contribution in [0.5, 0.6) is 0 Å². The van der Waals surface area contributed by atoms with Crippen molar-refractivity contribution >= 4 is 36.2 Å². The lowest BCUT2D eigenvalue weighted by Gasteiger charge is -2.31. The number of thioether (sulfide) groups is 1. The second kappa shape index (κ2) is 14.4. The first-order valence-electron chi connectivity index (χ1n) is 10.2. The molecule has 9 nitrogen and oxygen atoms in total. The van der Waals surface area contributed by atoms with Crippen molar-refractivity contribution in [3.05, 3.63) is 0 Å². The summed E-state index contributed by atoms with van der Waals surface area (Å²) in [6, 6.07) is -0.850. The standard InChI is InChI=1S/C19H36N6O3S/c1-14(11-23-15(12-26)7-10-29-2)25-9-4-6-17(25)18(28)24-16(13-27)5-3-8-22-19(20)21/h12-17,23H,3-11H2,1-2H3,(H,24,28)(H4,20,21,22)/t14?,15-,16-,17-/m0/s1. The lowest BCUT2D eigenvalue weighted by atomic mass is 10.1. The van der Waals surface area contributed by atoms with E-state index >= 15 is 0 Å². The Morgan fingerprint density at radius 3 is 2.62 bits per heavy atom. The minimum Gasteiger partial charge on any atom is -0.370 e. The Balaban J connectivity index is 2.51. The number of nitrogens with two attached hydrogens (primary N) is 2. The van der Waals surface area contributed by atoms with Crippen LogP contribution in [0.15, 0.2) is 4.99 Å². The molecule has 0 aromatic rings. The molecular formula is C19H36N6O3S. The van der Waals surface area contributed by atoms with Crippen molar-refractivity contribution in [2.24, 2.45) is 16.5 Å². The van der Waals surface area contributed by atoms with E-state index in [4.69, 9.17) is 11.5 Å². The van der Waals surface area contributed by atoms with Crippen LogP contribution in [0.25, 0.3) is 0 Å². The second-order valence-electron chi connectivity index (χ2n) is 7.38. The van der Waals surface area contributed by atoms with E-state index in [1.165, 1.54) is 0 Å². The molecule has 1 heterocycles. The molecule has 166 valence electrons. The van der Waals surface area contributed by atoms with Crippen LogP contribution in [-0.2, 0) is 14.4 Å². The van der Waals surface area contributed by atoms with Gasteiger partial charge in [0.25, 0.3) is 0 Å². The van der Waals surface area contributed by atoms with Crippen molar-refractivity contribution in [3.63, 3.8) is 0 Å². The highest BCUT2D eigenvalue weighted by Gasteiger charge is 2.34. The summed E-state index contributed by atoms with van der Waals surface area (Å²) in [6.07, 6.45) is 7.33. The SMILES string of the molecule is CSCC[C@@H](C=O)NCC(C)N1CCC[C@H]1C(=O)N[C@H](C=O)CCCN=C(N)N. The first-order valence-corrected chi connectivity index (χ1v) is 11.6. The number of aliphatic imine (C=N–C) groups is 1. The molecule has 1 saturated heterocycles. The van der Waals surface area contributed by atoms with Gasteiger partial charge in [-0.3, -0.25) is 14.7 Å². The fraction of sp³-hybridized carbons (Fsp3) is 0.789. The van der Waals surface area contributed by atoms with Crippen LogP contribution in [0, 0.1) is 0 Å². The fourth-order valence-electron chi connectivity index (χ4n) is 3.47. The summed E-state index contributed by atoms with van der Waals surface area (Å²) in [5.74, 6) is 0.823. The molecule has 0 bridgehead atoms. The number of nitrogens with zero attached hydrogens (tertiary/aromatic N) is 2. The van der Waals surface area contributed by atoms with Gasteiger partial charge in [-0.2, -0.15) is 11.8 Å². The Hall–Kier alpha value is -1.65. The lowest BCUT2D eigenvalue weighted by Crippen LogP contribution is -2.52. The molecule has 1 fully saturated rings. The third kappa shape index (κ3) is 9.60. The number of carbonyl (C=O) groups excluding carboxylic acids is 3. The van der Waals surface area contributed by atoms with Crippen LogP contribution in [0.4, 0.5) is 0 Å². The molecule has 29 heavy (non-hydrogen) atoms. The van der Waals surface area contributed by atoms with Crippen LogP contribution in [-0.4, -0.2) is 85.1 Å². The molecule has 4 atom stereocenters. The van der Waals surface area contributed by atoms with Gasteiger partial charge in [-0.25, -0.2) is 0 Å². The normalized spacial score (nSPS) is 19.9. The summed E-state index contributed by atoms with van der Waals surface area (Å²) >= 11 is 1.72. The molecule has 0 radical (unpaired) electrons. The predicted molar refractivity (Wildman–Crippen MR) is 118 cm³/mol. The van der Waals surface area contributed by atoms with Crippen LogP contribution in [0.2, 0.25) is 0 Å². The second-order valence-corrected chi connectivity index (χ2v) is 8.36. The van der Waals surface area contributed by atoms with E-state index in [0.29, 0.717) is 25.9 Å². The highest BCUT2D eigenvalue weighted by Crippen LogP contribution is 2.20. The van der Waals surface area contributed by atoms with Crippen molar-refractivity contribution in [1.82, 2.24) is 15.5 Å². The summed E-state index contributed by atoms with van der Waals surface area (Å²) in [5.41, 5.74) is 10.6. The molecule has 10 heteroatoms. The van der Waals surface area contributed by atoms with Gasteiger partial charge in [0.2, 0.25) is 5.91 Å². The number of likely N-dealkylation sites (tertiary alicyclic amines) is 1. The van der Waals surface area contributed by atoms with Crippen molar-refractivity contribution in [3.8, 4) is 0 Å². The third-order valence-electron chi connectivity index (χ3n) is 5.10. The van der Waals surface area contributed by atoms with E-state index in [9.17, 15) is 14.4 Å². The van der Waals surface area contributed by atoms with Gasteiger partial charge < -0.3 is 31.7 Å². The predicted octanol–water partition coefficient (Wildman–Crippen LogP) is -0.513. The van der Waals surface area contributed by atoms with E-state index in [1.54, 1.807) is 11.8 Å². The Bertz CT molecular complexity index is 544. The molecule has 1 amide bonds. The number of hydrogen-bond acceptors (Lipinski definition) is 7. The Kier molecular flexibility index (Phi) is 12.6. The van der Waals surface area contributed by atoms with Gasteiger partial charge in [0.1, 0.15) is 12.6 Å². The van der Waals surface area contributed by atoms with Gasteiger partial charge in [0.05, 0.1) is 18.1 Å². The van der Waals surface area contributed by atoms with Gasteiger partial charge in [-0.1, -0.05) is 0 Å². The molecule has 1 unspecified atom stereocenters. The molecular weight excluding hydrogens is 392 g/mol. The highest BCUT2D eigenvalue weighted by atomic mass is 32.2. The van der Waals surface area contributed by atoms with E-state index in [1.807, 2.05) is 6.26 Å². The van der Waals surface area contributed by atoms with E-state index in [0.717, 1.165) is 44.1 Å². The first kappa shape index (κ1) is 25.4. The average molecular weight is 429 g/mol. The molecule has 0 aliphatic carbocycles. The molecule has 1 rings (SSSR count). The van der Waals surface area contributed by atoms with Gasteiger partial charge in [-0.15, -0.1) is 0 Å². The number of rotatable bonds is 15. The molecule has 1 aliphatic heterocycles. The lowest BCUT2D eigenvalue weighted by molar-refractivity contribution is -0.128. The van der Waals surface area contributed by atoms with Crippen LogP contribution in [0.3, 0.4) is 0 Å². The molecule has 0 spiro atoms. The smallest absolute Gasteiger partial charge is 0.237 e. The Morgan fingerprint density at radius 2 is 2.00 bits per heavy atom. The maximum atomic E-state index is 12.7. The number of nitrogens with one attached hydrogen (secondary N) is 2. The highest BCUT2D eigenvalue weighted by molar-refractivity contribution is 7.98. The van der Waals surface area contributed by atoms with E-state index < -0.39 is 6.04 Å². The van der Waals surface area contributed by atoms with Crippen LogP contribution < -0.4 is 22.1 Å². The summed E-state index contributed by atoms with van der Waals surface area (Å²) in [6.45, 7) is 3.95. The summed E-state index contributed by atoms with van der Waals surface area (Å²) in [5, 5.41) is 6.14. The molecule has 0 aromatic carbocycles. The first-order chi connectivity index (χ1) is 13.9. The zero-order valence-corrected chi connectivity index (χ0v) is 18.3. The van der Waals surface area contributed by atoms with Gasteiger partial charge >= 0.3 is 0 Å². The molecule has 1 aliphatic rings. The van der Waals surface area contributed by atoms with Gasteiger partial charge in [0, 0.05) is 19.1 Å². The average Bonchev–Trinajstić information content (AvgIpc) is 3.20. The third-order valence-corrected chi connectivity index (χ3v) is 5.74. The van der Waals surface area contributed by atoms with Crippen LogP contribution >= 0.6 is 11.8 Å². The van der Waals surface area contributed by atoms with Crippen molar-refractivity contribution < 1.29 is 14.4 Å². The van der Waals surface area contributed by atoms with E-state index in [-0.39, 0.29) is 30.0 Å². The topological polar surface area (TPSA) is 143 Å². The Labute approximate surface area is 177 Å². The summed E-state index contributed by atoms with van der Waals surface area (Å²) in [7, 11) is 0. The van der Waals surface area contributed by atoms with Gasteiger partial charge in [0.15, 0.2) is 5.96 Å². The number of carbonyl (C=O) groups is 3. The molecule has 6 N–H and O–H groups in total. The van der Waals surface area contributed by atoms with Crippen molar-refractivity contribution in [1.29, 1.82) is 0 Å². The monoisotopic (exact) mass is 428 g/mol. The quantitative estimate of drug-likeness (QED) is 0.118. The zero-order chi connectivity index (χ0) is 21.6. The van der Waals surface area contributed by atoms with E-state index in [2.05, 4.69) is 27.4 Å². The number of guanidine groups is 1. The summed E-state index contributed by atoms with van der Waals surface area (Å²) in [4.78, 5) is 41.3. The number of amides is 1. The van der Waals surface area contributed by atoms with Crippen molar-refractivity contribution in [2.75, 3.05) is 31.6 Å². The van der Waals surface area contributed by atoms with Gasteiger partial charge in [-0.05, 0) is 57.6 Å². The Morgan fingerprint density at radius 1 is 1.28 bits per heavy atom. The minimum atomic E-state index is -0.543. The van der Waals surface area contributed by atoms with Crippen molar-refractivity contribution in [2.45, 2.75) is 63.2 Å². The maximum Gasteiger partial charge on any atom is 0.237 e. The number of aldehydes is 2. The summed E-state index contributed by atoms with van der Waals surface area (Å²) < 4.78 is 0. The number of hydrogen-bond donors (Lipinski definition) is 4. The molecule has 0 saturated carbocycles. The maximum absolute atomic E-state index is 12.7.